The highest BCUT2D eigenvalue weighted by molar-refractivity contribution is 7.98. The van der Waals surface area contributed by atoms with E-state index >= 15 is 0 Å². The van der Waals surface area contributed by atoms with Gasteiger partial charge in [0.15, 0.2) is 11.4 Å². The maximum atomic E-state index is 13.0. The molecule has 1 heterocycles. The largest absolute Gasteiger partial charge is 0.478 e. The van der Waals surface area contributed by atoms with Crippen molar-refractivity contribution in [1.29, 1.82) is 0 Å². The molecule has 6 heteroatoms. The van der Waals surface area contributed by atoms with Gasteiger partial charge in [0, 0.05) is 9.60 Å². The zero-order chi connectivity index (χ0) is 23.6. The summed E-state index contributed by atoms with van der Waals surface area (Å²) in [7, 11) is 0. The van der Waals surface area contributed by atoms with Crippen LogP contribution in [-0.4, -0.2) is 28.7 Å². The number of ketones is 1. The van der Waals surface area contributed by atoms with Crippen molar-refractivity contribution in [2.45, 2.75) is 51.5 Å². The van der Waals surface area contributed by atoms with E-state index in [9.17, 15) is 14.7 Å². The quantitative estimate of drug-likeness (QED) is 0.220. The number of rotatable bonds is 8. The van der Waals surface area contributed by atoms with E-state index in [1.165, 1.54) is 18.7 Å². The summed E-state index contributed by atoms with van der Waals surface area (Å²) < 4.78 is 6.91. The van der Waals surface area contributed by atoms with Gasteiger partial charge in [0.1, 0.15) is 5.75 Å². The summed E-state index contributed by atoms with van der Waals surface area (Å²) in [4.78, 5) is 26.4. The minimum Gasteiger partial charge on any atom is -0.478 e. The zero-order valence-electron chi connectivity index (χ0n) is 19.2. The molecular formula is C26H28O4S2. The zero-order valence-corrected chi connectivity index (χ0v) is 20.9. The first-order valence-electron chi connectivity index (χ1n) is 10.4. The number of hydrogen-bond acceptors (Lipinski definition) is 5. The number of ether oxygens (including phenoxy) is 1. The molecule has 0 spiro atoms. The van der Waals surface area contributed by atoms with Crippen molar-refractivity contribution in [3.63, 3.8) is 0 Å². The van der Waals surface area contributed by atoms with E-state index in [-0.39, 0.29) is 5.78 Å². The van der Waals surface area contributed by atoms with E-state index in [1.54, 1.807) is 29.2 Å². The summed E-state index contributed by atoms with van der Waals surface area (Å²) in [5, 5.41) is 10.5. The average Bonchev–Trinajstić information content (AvgIpc) is 3.12. The van der Waals surface area contributed by atoms with Crippen molar-refractivity contribution in [3.05, 3.63) is 63.5 Å². The molecule has 4 nitrogen and oxygen atoms in total. The Kier molecular flexibility index (Phi) is 7.16. The molecule has 0 fully saturated rings. The maximum absolute atomic E-state index is 13.0. The third-order valence-corrected chi connectivity index (χ3v) is 7.29. The maximum Gasteiger partial charge on any atom is 0.347 e. The lowest BCUT2D eigenvalue weighted by molar-refractivity contribution is -0.152. The number of carboxylic acids is 1. The van der Waals surface area contributed by atoms with Crippen LogP contribution in [0.25, 0.3) is 16.2 Å². The van der Waals surface area contributed by atoms with Gasteiger partial charge in [-0.1, -0.05) is 19.1 Å². The van der Waals surface area contributed by atoms with Crippen molar-refractivity contribution < 1.29 is 19.4 Å². The van der Waals surface area contributed by atoms with Crippen molar-refractivity contribution in [3.8, 4) is 5.75 Å². The summed E-state index contributed by atoms with van der Waals surface area (Å²) in [6, 6.07) is 10.2. The molecule has 0 amide bonds. The summed E-state index contributed by atoms with van der Waals surface area (Å²) in [5.41, 5.74) is 2.30. The van der Waals surface area contributed by atoms with Gasteiger partial charge in [-0.05, 0) is 98.4 Å². The fourth-order valence-corrected chi connectivity index (χ4v) is 5.36. The standard InChI is InChI=1S/C26H28O4S2/c1-7-19-20-10-9-18(31-6)14-22(20)32-24(19)21(27)11-8-17-12-15(2)23(16(3)13-17)30-26(4,5)25(28)29/h8-14H,7H2,1-6H3,(H,28,29)/b11-8+. The van der Waals surface area contributed by atoms with Crippen LogP contribution in [0, 0.1) is 13.8 Å². The molecule has 3 aromatic rings. The van der Waals surface area contributed by atoms with Gasteiger partial charge in [-0.3, -0.25) is 4.79 Å². The Morgan fingerprint density at radius 1 is 1.16 bits per heavy atom. The third-order valence-electron chi connectivity index (χ3n) is 5.36. The van der Waals surface area contributed by atoms with Crippen LogP contribution in [0.4, 0.5) is 0 Å². The first-order valence-corrected chi connectivity index (χ1v) is 12.5. The van der Waals surface area contributed by atoms with E-state index in [1.807, 2.05) is 38.3 Å². The number of aryl methyl sites for hydroxylation is 3. The fourth-order valence-electron chi connectivity index (χ4n) is 3.59. The number of hydrogen-bond donors (Lipinski definition) is 1. The van der Waals surface area contributed by atoms with E-state index < -0.39 is 11.6 Å². The Morgan fingerprint density at radius 2 is 1.81 bits per heavy atom. The fraction of sp³-hybridized carbons (Fsp3) is 0.308. The molecule has 0 radical (unpaired) electrons. The molecule has 168 valence electrons. The molecule has 0 atom stereocenters. The summed E-state index contributed by atoms with van der Waals surface area (Å²) in [6.45, 7) is 8.89. The van der Waals surface area contributed by atoms with E-state index in [0.29, 0.717) is 5.75 Å². The summed E-state index contributed by atoms with van der Waals surface area (Å²) in [6.07, 6.45) is 6.28. The second-order valence-electron chi connectivity index (χ2n) is 8.22. The normalized spacial score (nSPS) is 11.9. The summed E-state index contributed by atoms with van der Waals surface area (Å²) >= 11 is 3.25. The van der Waals surface area contributed by atoms with Crippen molar-refractivity contribution >= 4 is 51.0 Å². The SMILES string of the molecule is CCc1c(C(=O)/C=C/c2cc(C)c(OC(C)(C)C(=O)O)c(C)c2)sc2cc(SC)ccc12. The molecule has 0 aliphatic heterocycles. The van der Waals surface area contributed by atoms with Crippen molar-refractivity contribution in [1.82, 2.24) is 0 Å². The topological polar surface area (TPSA) is 63.6 Å². The van der Waals surface area contributed by atoms with Gasteiger partial charge in [0.05, 0.1) is 4.88 Å². The van der Waals surface area contributed by atoms with Gasteiger partial charge >= 0.3 is 5.97 Å². The van der Waals surface area contributed by atoms with E-state index in [2.05, 4.69) is 25.1 Å². The second-order valence-corrected chi connectivity index (χ2v) is 10.2. The Hall–Kier alpha value is -2.57. The molecule has 0 saturated heterocycles. The molecule has 1 aromatic heterocycles. The number of aliphatic carboxylic acids is 1. The minimum absolute atomic E-state index is 0.00334. The monoisotopic (exact) mass is 468 g/mol. The van der Waals surface area contributed by atoms with Crippen LogP contribution in [-0.2, 0) is 11.2 Å². The highest BCUT2D eigenvalue weighted by Crippen LogP contribution is 2.35. The van der Waals surface area contributed by atoms with Crippen LogP contribution >= 0.6 is 23.1 Å². The first-order chi connectivity index (χ1) is 15.1. The van der Waals surface area contributed by atoms with Gasteiger partial charge in [0.25, 0.3) is 0 Å². The Labute approximate surface area is 197 Å². The number of carbonyl (C=O) groups excluding carboxylic acids is 1. The molecular weight excluding hydrogens is 440 g/mol. The second kappa shape index (κ2) is 9.51. The Morgan fingerprint density at radius 3 is 2.38 bits per heavy atom. The van der Waals surface area contributed by atoms with E-state index in [0.717, 1.165) is 43.6 Å². The van der Waals surface area contributed by atoms with Crippen LogP contribution < -0.4 is 4.74 Å². The smallest absolute Gasteiger partial charge is 0.347 e. The lowest BCUT2D eigenvalue weighted by atomic mass is 10.0. The van der Waals surface area contributed by atoms with Gasteiger partial charge in [-0.2, -0.15) is 0 Å². The number of allylic oxidation sites excluding steroid dienone is 1. The molecule has 0 saturated carbocycles. The Bertz CT molecular complexity index is 1200. The van der Waals surface area contributed by atoms with Gasteiger partial charge in [0.2, 0.25) is 0 Å². The number of carbonyl (C=O) groups is 2. The average molecular weight is 469 g/mol. The van der Waals surface area contributed by atoms with Crippen LogP contribution in [0.5, 0.6) is 5.75 Å². The predicted molar refractivity (Wildman–Crippen MR) is 135 cm³/mol. The van der Waals surface area contributed by atoms with E-state index in [4.69, 9.17) is 4.74 Å². The van der Waals surface area contributed by atoms with Gasteiger partial charge in [-0.25, -0.2) is 4.79 Å². The molecule has 32 heavy (non-hydrogen) atoms. The van der Waals surface area contributed by atoms with Gasteiger partial charge in [-0.15, -0.1) is 23.1 Å². The predicted octanol–water partition coefficient (Wildman–Crippen LogP) is 6.94. The molecule has 0 aliphatic carbocycles. The first kappa shape index (κ1) is 24.1. The molecule has 0 unspecified atom stereocenters. The highest BCUT2D eigenvalue weighted by Gasteiger charge is 2.30. The molecule has 2 aromatic carbocycles. The molecule has 1 N–H and O–H groups in total. The van der Waals surface area contributed by atoms with Crippen LogP contribution in [0.2, 0.25) is 0 Å². The number of carboxylic acid groups (broad SMARTS) is 1. The number of benzene rings is 2. The number of fused-ring (bicyclic) bond motifs is 1. The number of thioether (sulfide) groups is 1. The van der Waals surface area contributed by atoms with Crippen LogP contribution in [0.3, 0.4) is 0 Å². The minimum atomic E-state index is -1.32. The van der Waals surface area contributed by atoms with Crippen molar-refractivity contribution in [2.75, 3.05) is 6.26 Å². The molecule has 0 aliphatic rings. The molecule has 3 rings (SSSR count). The third kappa shape index (κ3) is 4.92. The lowest BCUT2D eigenvalue weighted by Gasteiger charge is -2.24. The lowest BCUT2D eigenvalue weighted by Crippen LogP contribution is -2.38. The van der Waals surface area contributed by atoms with Crippen LogP contribution in [0.1, 0.15) is 52.7 Å². The number of thiophene rings is 1. The van der Waals surface area contributed by atoms with Crippen molar-refractivity contribution in [2.24, 2.45) is 0 Å². The Balaban J connectivity index is 1.89. The van der Waals surface area contributed by atoms with Crippen LogP contribution in [0.15, 0.2) is 41.3 Å². The molecule has 0 bridgehead atoms. The summed E-state index contributed by atoms with van der Waals surface area (Å²) in [5.74, 6) is -0.467. The highest BCUT2D eigenvalue weighted by atomic mass is 32.2. The van der Waals surface area contributed by atoms with Gasteiger partial charge < -0.3 is 9.84 Å².